The Hall–Kier alpha value is -3.88. The zero-order valence-electron chi connectivity index (χ0n) is 21.9. The molecule has 1 atom stereocenters. The minimum absolute atomic E-state index is 0.259. The van der Waals surface area contributed by atoms with Crippen molar-refractivity contribution in [2.45, 2.75) is 23.5 Å². The summed E-state index contributed by atoms with van der Waals surface area (Å²) in [6.45, 7) is 1.73. The van der Waals surface area contributed by atoms with E-state index < -0.39 is 24.9 Å². The zero-order valence-corrected chi connectivity index (χ0v) is 23.5. The highest BCUT2D eigenvalue weighted by Gasteiger charge is 2.18. The Bertz CT molecular complexity index is 1900. The third kappa shape index (κ3) is 5.77. The van der Waals surface area contributed by atoms with E-state index in [1.807, 2.05) is 54.6 Å². The molecule has 0 fully saturated rings. The number of sulfone groups is 2. The Labute approximate surface area is 229 Å². The summed E-state index contributed by atoms with van der Waals surface area (Å²) < 4.78 is 48.1. The number of aromatic nitrogens is 2. The predicted octanol–water partition coefficient (Wildman–Crippen LogP) is 6.01. The van der Waals surface area contributed by atoms with Crippen molar-refractivity contribution in [3.8, 4) is 33.5 Å². The Morgan fingerprint density at radius 2 is 1.36 bits per heavy atom. The number of benzene rings is 3. The third-order valence-electron chi connectivity index (χ3n) is 6.87. The number of hydrogen-bond donors (Lipinski definition) is 0. The molecule has 8 heteroatoms. The molecule has 0 aliphatic carbocycles. The summed E-state index contributed by atoms with van der Waals surface area (Å²) in [6.07, 6.45) is 6.34. The van der Waals surface area contributed by atoms with Crippen molar-refractivity contribution in [3.63, 3.8) is 0 Å². The first kappa shape index (κ1) is 26.7. The van der Waals surface area contributed by atoms with Gasteiger partial charge in [0, 0.05) is 47.0 Å². The third-order valence-corrected chi connectivity index (χ3v) is 9.62. The SMILES string of the molecule is CC(Cc1cc(-c2cccc(-c3cccnc3-c3ccc(S(C)(=O)=O)cc3)c2)c2ncccc2c1)S(C)(=O)=O. The Morgan fingerprint density at radius 3 is 2.05 bits per heavy atom. The van der Waals surface area contributed by atoms with Crippen LogP contribution in [0.5, 0.6) is 0 Å². The molecule has 39 heavy (non-hydrogen) atoms. The van der Waals surface area contributed by atoms with Gasteiger partial charge in [0.15, 0.2) is 9.84 Å². The first-order chi connectivity index (χ1) is 18.5. The molecule has 0 amide bonds. The van der Waals surface area contributed by atoms with Crippen molar-refractivity contribution >= 4 is 30.6 Å². The van der Waals surface area contributed by atoms with E-state index in [0.29, 0.717) is 6.42 Å². The van der Waals surface area contributed by atoms with Crippen molar-refractivity contribution in [2.75, 3.05) is 12.5 Å². The topological polar surface area (TPSA) is 94.1 Å². The van der Waals surface area contributed by atoms with Crippen LogP contribution in [0, 0.1) is 0 Å². The molecule has 1 unspecified atom stereocenters. The number of rotatable bonds is 7. The van der Waals surface area contributed by atoms with Gasteiger partial charge in [-0.2, -0.15) is 0 Å². The molecule has 0 radical (unpaired) electrons. The van der Waals surface area contributed by atoms with E-state index in [-0.39, 0.29) is 4.90 Å². The van der Waals surface area contributed by atoms with Gasteiger partial charge in [-0.1, -0.05) is 42.5 Å². The Morgan fingerprint density at radius 1 is 0.692 bits per heavy atom. The maximum atomic E-state index is 12.1. The molecule has 198 valence electrons. The zero-order chi connectivity index (χ0) is 27.8. The van der Waals surface area contributed by atoms with Gasteiger partial charge >= 0.3 is 0 Å². The minimum Gasteiger partial charge on any atom is -0.256 e. The highest BCUT2D eigenvalue weighted by atomic mass is 32.2. The van der Waals surface area contributed by atoms with E-state index in [9.17, 15) is 16.8 Å². The van der Waals surface area contributed by atoms with Crippen LogP contribution in [-0.4, -0.2) is 44.6 Å². The van der Waals surface area contributed by atoms with Gasteiger partial charge < -0.3 is 0 Å². The fourth-order valence-corrected chi connectivity index (χ4v) is 5.78. The summed E-state index contributed by atoms with van der Waals surface area (Å²) in [6, 6.07) is 26.6. The van der Waals surface area contributed by atoms with E-state index >= 15 is 0 Å². The lowest BCUT2D eigenvalue weighted by molar-refractivity contribution is 0.588. The molecule has 0 saturated carbocycles. The van der Waals surface area contributed by atoms with Crippen LogP contribution in [0.4, 0.5) is 0 Å². The molecular weight excluding hydrogens is 528 g/mol. The maximum absolute atomic E-state index is 12.1. The van der Waals surface area contributed by atoms with Crippen molar-refractivity contribution in [1.82, 2.24) is 9.97 Å². The molecule has 5 rings (SSSR count). The van der Waals surface area contributed by atoms with Gasteiger partial charge in [-0.25, -0.2) is 16.8 Å². The number of hydrogen-bond acceptors (Lipinski definition) is 6. The van der Waals surface area contributed by atoms with Crippen LogP contribution in [0.3, 0.4) is 0 Å². The lowest BCUT2D eigenvalue weighted by Crippen LogP contribution is -2.18. The van der Waals surface area contributed by atoms with Gasteiger partial charge in [0.25, 0.3) is 0 Å². The maximum Gasteiger partial charge on any atom is 0.175 e. The van der Waals surface area contributed by atoms with Crippen LogP contribution in [0.25, 0.3) is 44.4 Å². The average Bonchev–Trinajstić information content (AvgIpc) is 2.92. The monoisotopic (exact) mass is 556 g/mol. The molecule has 0 aliphatic heterocycles. The van der Waals surface area contributed by atoms with Crippen LogP contribution in [0.2, 0.25) is 0 Å². The second-order valence-electron chi connectivity index (χ2n) is 9.84. The van der Waals surface area contributed by atoms with Gasteiger partial charge in [-0.3, -0.25) is 9.97 Å². The molecule has 6 nitrogen and oxygen atoms in total. The normalized spacial score (nSPS) is 12.9. The second kappa shape index (κ2) is 10.4. The second-order valence-corrected chi connectivity index (χ2v) is 14.3. The number of nitrogens with zero attached hydrogens (tertiary/aromatic N) is 2. The number of pyridine rings is 2. The predicted molar refractivity (Wildman–Crippen MR) is 157 cm³/mol. The first-order valence-corrected chi connectivity index (χ1v) is 16.3. The lowest BCUT2D eigenvalue weighted by atomic mass is 9.93. The first-order valence-electron chi connectivity index (χ1n) is 12.4. The van der Waals surface area contributed by atoms with E-state index in [1.165, 1.54) is 12.5 Å². The fourth-order valence-electron chi connectivity index (χ4n) is 4.66. The average molecular weight is 557 g/mol. The van der Waals surface area contributed by atoms with Gasteiger partial charge in [0.1, 0.15) is 9.84 Å². The molecule has 0 spiro atoms. The standard InChI is InChI=1S/C31H28N2O4S2/c1-21(38(2,34)35)17-22-18-26-9-5-15-33-31(26)29(19-22)25-8-4-7-24(20-25)28-10-6-16-32-30(28)23-11-13-27(14-12-23)39(3,36)37/h4-16,18-21H,17H2,1-3H3. The van der Waals surface area contributed by atoms with Gasteiger partial charge in [-0.05, 0) is 72.5 Å². The van der Waals surface area contributed by atoms with Crippen molar-refractivity contribution in [1.29, 1.82) is 0 Å². The van der Waals surface area contributed by atoms with E-state index in [2.05, 4.69) is 16.0 Å². The fraction of sp³-hybridized carbons (Fsp3) is 0.161. The molecule has 0 N–H and O–H groups in total. The lowest BCUT2D eigenvalue weighted by Gasteiger charge is -2.15. The minimum atomic E-state index is -3.30. The molecule has 5 aromatic rings. The summed E-state index contributed by atoms with van der Waals surface area (Å²) in [4.78, 5) is 9.52. The van der Waals surface area contributed by atoms with Crippen LogP contribution in [0.1, 0.15) is 12.5 Å². The summed E-state index contributed by atoms with van der Waals surface area (Å²) in [5.41, 5.74) is 7.06. The van der Waals surface area contributed by atoms with Crippen LogP contribution >= 0.6 is 0 Å². The van der Waals surface area contributed by atoms with E-state index in [0.717, 1.165) is 50.0 Å². The van der Waals surface area contributed by atoms with Gasteiger partial charge in [-0.15, -0.1) is 0 Å². The molecular formula is C31H28N2O4S2. The molecule has 0 saturated heterocycles. The highest BCUT2D eigenvalue weighted by molar-refractivity contribution is 7.91. The molecule has 2 aromatic heterocycles. The summed E-state index contributed by atoms with van der Waals surface area (Å²) in [5, 5.41) is 0.446. The summed E-state index contributed by atoms with van der Waals surface area (Å²) >= 11 is 0. The Balaban J connectivity index is 1.61. The molecule has 0 aliphatic rings. The van der Waals surface area contributed by atoms with Crippen LogP contribution in [-0.2, 0) is 26.1 Å². The quantitative estimate of drug-likeness (QED) is 0.244. The molecule has 3 aromatic carbocycles. The summed E-state index contributed by atoms with van der Waals surface area (Å²) in [7, 11) is -6.47. The van der Waals surface area contributed by atoms with Crippen molar-refractivity contribution in [3.05, 3.63) is 103 Å². The van der Waals surface area contributed by atoms with Crippen LogP contribution < -0.4 is 0 Å². The van der Waals surface area contributed by atoms with Crippen molar-refractivity contribution in [2.24, 2.45) is 0 Å². The number of fused-ring (bicyclic) bond motifs is 1. The summed E-state index contributed by atoms with van der Waals surface area (Å²) in [5.74, 6) is 0. The van der Waals surface area contributed by atoms with E-state index in [1.54, 1.807) is 43.6 Å². The molecule has 2 heterocycles. The van der Waals surface area contributed by atoms with Crippen LogP contribution in [0.15, 0.2) is 102 Å². The largest absolute Gasteiger partial charge is 0.256 e. The highest BCUT2D eigenvalue weighted by Crippen LogP contribution is 2.35. The van der Waals surface area contributed by atoms with E-state index in [4.69, 9.17) is 0 Å². The molecule has 0 bridgehead atoms. The van der Waals surface area contributed by atoms with Gasteiger partial charge in [0.2, 0.25) is 0 Å². The van der Waals surface area contributed by atoms with Gasteiger partial charge in [0.05, 0.1) is 21.4 Å². The smallest absolute Gasteiger partial charge is 0.175 e. The van der Waals surface area contributed by atoms with Crippen molar-refractivity contribution < 1.29 is 16.8 Å². The Kier molecular flexibility index (Phi) is 7.09.